The number of aryl methyl sites for hydroxylation is 1. The Morgan fingerprint density at radius 1 is 1.28 bits per heavy atom. The Morgan fingerprint density at radius 3 is 2.72 bits per heavy atom. The standard InChI is InChI=1S/C18H24ClN5O/c1-3-14-13(6-5-7-20-14)15(4-2)23-8-10-24(11-9-23)16-12-21-22-18(25)17(16)19/h5-7,12,15H,3-4,8-11H2,1-2H3,(H,22,25). The zero-order valence-corrected chi connectivity index (χ0v) is 15.5. The first-order valence-electron chi connectivity index (χ1n) is 8.81. The van der Waals surface area contributed by atoms with Crippen LogP contribution in [0.15, 0.2) is 29.3 Å². The van der Waals surface area contributed by atoms with Crippen LogP contribution in [0.4, 0.5) is 5.69 Å². The molecule has 3 rings (SSSR count). The van der Waals surface area contributed by atoms with Crippen molar-refractivity contribution < 1.29 is 0 Å². The topological polar surface area (TPSA) is 65.1 Å². The van der Waals surface area contributed by atoms with Crippen LogP contribution in [0.1, 0.15) is 37.6 Å². The van der Waals surface area contributed by atoms with E-state index in [4.69, 9.17) is 11.6 Å². The largest absolute Gasteiger partial charge is 0.366 e. The van der Waals surface area contributed by atoms with E-state index in [0.29, 0.717) is 11.7 Å². The highest BCUT2D eigenvalue weighted by Crippen LogP contribution is 2.29. The van der Waals surface area contributed by atoms with Gasteiger partial charge in [0.15, 0.2) is 0 Å². The second kappa shape index (κ2) is 7.97. The Bertz CT molecular complexity index is 770. The normalized spacial score (nSPS) is 16.8. The number of nitrogens with zero attached hydrogens (tertiary/aromatic N) is 4. The maximum absolute atomic E-state index is 11.7. The van der Waals surface area contributed by atoms with E-state index in [1.54, 1.807) is 6.20 Å². The van der Waals surface area contributed by atoms with E-state index in [2.05, 4.69) is 44.9 Å². The van der Waals surface area contributed by atoms with Gasteiger partial charge in [-0.3, -0.25) is 14.7 Å². The van der Waals surface area contributed by atoms with Gasteiger partial charge in [-0.25, -0.2) is 5.10 Å². The number of nitrogens with one attached hydrogen (secondary N) is 1. The third-order valence-corrected chi connectivity index (χ3v) is 5.24. The Hall–Kier alpha value is -1.92. The molecule has 7 heteroatoms. The summed E-state index contributed by atoms with van der Waals surface area (Å²) in [6, 6.07) is 4.59. The lowest BCUT2D eigenvalue weighted by Gasteiger charge is -2.40. The lowest BCUT2D eigenvalue weighted by molar-refractivity contribution is 0.180. The number of anilines is 1. The van der Waals surface area contributed by atoms with Crippen LogP contribution in [0.5, 0.6) is 0 Å². The molecule has 0 radical (unpaired) electrons. The van der Waals surface area contributed by atoms with Crippen molar-refractivity contribution in [1.29, 1.82) is 0 Å². The maximum Gasteiger partial charge on any atom is 0.285 e. The Balaban J connectivity index is 1.74. The van der Waals surface area contributed by atoms with E-state index < -0.39 is 0 Å². The minimum atomic E-state index is -0.337. The van der Waals surface area contributed by atoms with E-state index in [1.165, 1.54) is 11.3 Å². The molecular formula is C18H24ClN5O. The van der Waals surface area contributed by atoms with Crippen LogP contribution >= 0.6 is 11.6 Å². The lowest BCUT2D eigenvalue weighted by atomic mass is 9.99. The molecule has 25 heavy (non-hydrogen) atoms. The van der Waals surface area contributed by atoms with Crippen molar-refractivity contribution in [2.45, 2.75) is 32.7 Å². The third kappa shape index (κ3) is 3.70. The van der Waals surface area contributed by atoms with E-state index in [9.17, 15) is 4.79 Å². The molecule has 0 aromatic carbocycles. The molecule has 3 heterocycles. The molecule has 1 aliphatic rings. The molecule has 1 atom stereocenters. The number of H-pyrrole nitrogens is 1. The summed E-state index contributed by atoms with van der Waals surface area (Å²) in [4.78, 5) is 20.8. The number of aromatic nitrogens is 3. The number of halogens is 1. The summed E-state index contributed by atoms with van der Waals surface area (Å²) in [6.07, 6.45) is 5.49. The Morgan fingerprint density at radius 2 is 2.04 bits per heavy atom. The number of hydrogen-bond donors (Lipinski definition) is 1. The van der Waals surface area contributed by atoms with Gasteiger partial charge in [-0.2, -0.15) is 5.10 Å². The zero-order valence-electron chi connectivity index (χ0n) is 14.7. The van der Waals surface area contributed by atoms with Crippen LogP contribution in [0.3, 0.4) is 0 Å². The van der Waals surface area contributed by atoms with Gasteiger partial charge in [0, 0.05) is 44.1 Å². The highest BCUT2D eigenvalue weighted by Gasteiger charge is 2.26. The predicted octanol–water partition coefficient (Wildman–Crippen LogP) is 2.65. The minimum Gasteiger partial charge on any atom is -0.366 e. The second-order valence-corrected chi connectivity index (χ2v) is 6.62. The van der Waals surface area contributed by atoms with Gasteiger partial charge >= 0.3 is 0 Å². The van der Waals surface area contributed by atoms with E-state index in [-0.39, 0.29) is 10.6 Å². The summed E-state index contributed by atoms with van der Waals surface area (Å²) in [5, 5.41) is 6.46. The SMILES string of the molecule is CCc1ncccc1C(CC)N1CCN(c2cn[nH]c(=O)c2Cl)CC1. The molecule has 1 N–H and O–H groups in total. The van der Waals surface area contributed by atoms with Crippen LogP contribution in [-0.2, 0) is 6.42 Å². The van der Waals surface area contributed by atoms with Gasteiger partial charge in [0.05, 0.1) is 11.9 Å². The van der Waals surface area contributed by atoms with Crippen molar-refractivity contribution in [3.05, 3.63) is 51.2 Å². The number of rotatable bonds is 5. The summed E-state index contributed by atoms with van der Waals surface area (Å²) in [7, 11) is 0. The van der Waals surface area contributed by atoms with Gasteiger partial charge in [0.2, 0.25) is 0 Å². The smallest absolute Gasteiger partial charge is 0.285 e. The highest BCUT2D eigenvalue weighted by molar-refractivity contribution is 6.32. The first-order chi connectivity index (χ1) is 12.2. The van der Waals surface area contributed by atoms with Crippen LogP contribution < -0.4 is 10.5 Å². The molecule has 6 nitrogen and oxygen atoms in total. The fourth-order valence-electron chi connectivity index (χ4n) is 3.59. The van der Waals surface area contributed by atoms with Crippen molar-refractivity contribution in [2.75, 3.05) is 31.1 Å². The molecule has 1 unspecified atom stereocenters. The highest BCUT2D eigenvalue weighted by atomic mass is 35.5. The Kier molecular flexibility index (Phi) is 5.71. The third-order valence-electron chi connectivity index (χ3n) is 4.88. The molecule has 2 aromatic heterocycles. The molecular weight excluding hydrogens is 338 g/mol. The quantitative estimate of drug-likeness (QED) is 0.886. The predicted molar refractivity (Wildman–Crippen MR) is 100 cm³/mol. The van der Waals surface area contributed by atoms with E-state index in [0.717, 1.165) is 39.0 Å². The first kappa shape index (κ1) is 17.9. The fourth-order valence-corrected chi connectivity index (χ4v) is 3.80. The lowest BCUT2D eigenvalue weighted by Crippen LogP contribution is -2.48. The molecule has 0 spiro atoms. The van der Waals surface area contributed by atoms with Gasteiger partial charge in [0.1, 0.15) is 5.02 Å². The summed E-state index contributed by atoms with van der Waals surface area (Å²) in [5.41, 5.74) is 2.89. The van der Waals surface area contributed by atoms with Crippen LogP contribution in [0, 0.1) is 0 Å². The van der Waals surface area contributed by atoms with Crippen molar-refractivity contribution in [3.8, 4) is 0 Å². The summed E-state index contributed by atoms with van der Waals surface area (Å²) in [5.74, 6) is 0. The molecule has 1 aliphatic heterocycles. The Labute approximate surface area is 152 Å². The molecule has 134 valence electrons. The van der Waals surface area contributed by atoms with Gasteiger partial charge in [-0.15, -0.1) is 0 Å². The van der Waals surface area contributed by atoms with Gasteiger partial charge < -0.3 is 4.90 Å². The summed E-state index contributed by atoms with van der Waals surface area (Å²) in [6.45, 7) is 7.85. The van der Waals surface area contributed by atoms with Crippen molar-refractivity contribution in [3.63, 3.8) is 0 Å². The monoisotopic (exact) mass is 361 g/mol. The molecule has 1 fully saturated rings. The van der Waals surface area contributed by atoms with Crippen LogP contribution in [-0.4, -0.2) is 46.3 Å². The number of aromatic amines is 1. The summed E-state index contributed by atoms with van der Waals surface area (Å²) >= 11 is 6.14. The molecule has 0 saturated carbocycles. The molecule has 2 aromatic rings. The van der Waals surface area contributed by atoms with Crippen LogP contribution in [0.2, 0.25) is 5.02 Å². The van der Waals surface area contributed by atoms with Crippen LogP contribution in [0.25, 0.3) is 0 Å². The van der Waals surface area contributed by atoms with Crippen molar-refractivity contribution >= 4 is 17.3 Å². The van der Waals surface area contributed by atoms with E-state index >= 15 is 0 Å². The van der Waals surface area contributed by atoms with Gasteiger partial charge in [-0.1, -0.05) is 31.5 Å². The molecule has 0 aliphatic carbocycles. The van der Waals surface area contributed by atoms with Crippen molar-refractivity contribution in [2.24, 2.45) is 0 Å². The van der Waals surface area contributed by atoms with Gasteiger partial charge in [0.25, 0.3) is 5.56 Å². The first-order valence-corrected chi connectivity index (χ1v) is 9.19. The van der Waals surface area contributed by atoms with Gasteiger partial charge in [-0.05, 0) is 24.5 Å². The number of pyridine rings is 1. The number of hydrogen-bond acceptors (Lipinski definition) is 5. The van der Waals surface area contributed by atoms with Crippen molar-refractivity contribution in [1.82, 2.24) is 20.1 Å². The van der Waals surface area contributed by atoms with E-state index in [1.807, 2.05) is 12.3 Å². The number of piperazine rings is 1. The average Bonchev–Trinajstić information content (AvgIpc) is 2.66. The average molecular weight is 362 g/mol. The molecule has 0 amide bonds. The minimum absolute atomic E-state index is 0.219. The summed E-state index contributed by atoms with van der Waals surface area (Å²) < 4.78 is 0. The maximum atomic E-state index is 11.7. The molecule has 0 bridgehead atoms. The zero-order chi connectivity index (χ0) is 17.8. The fraction of sp³-hybridized carbons (Fsp3) is 0.500. The molecule has 1 saturated heterocycles. The second-order valence-electron chi connectivity index (χ2n) is 6.24.